The number of carbonyl (C=O) groups excluding carboxylic acids is 1. The highest BCUT2D eigenvalue weighted by atomic mass is 16.3. The molecule has 1 amide bonds. The molecule has 1 aliphatic heterocycles. The first-order chi connectivity index (χ1) is 8.50. The fourth-order valence-electron chi connectivity index (χ4n) is 3.47. The van der Waals surface area contributed by atoms with Crippen molar-refractivity contribution in [1.82, 2.24) is 4.90 Å². The van der Waals surface area contributed by atoms with Gasteiger partial charge in [0.05, 0.1) is 12.0 Å². The SMILES string of the molecule is CC1CCCC(C)N(C(=O)CC2(O)CCCC2)C1. The third-order valence-corrected chi connectivity index (χ3v) is 4.69. The van der Waals surface area contributed by atoms with E-state index in [2.05, 4.69) is 13.8 Å². The van der Waals surface area contributed by atoms with Crippen molar-refractivity contribution in [2.45, 2.75) is 76.9 Å². The first-order valence-corrected chi connectivity index (χ1v) is 7.52. The van der Waals surface area contributed by atoms with Gasteiger partial charge in [0.2, 0.25) is 5.91 Å². The van der Waals surface area contributed by atoms with Gasteiger partial charge in [0.15, 0.2) is 0 Å². The van der Waals surface area contributed by atoms with Crippen LogP contribution < -0.4 is 0 Å². The molecule has 0 aromatic carbocycles. The van der Waals surface area contributed by atoms with E-state index in [1.807, 2.05) is 4.90 Å². The molecule has 0 spiro atoms. The first kappa shape index (κ1) is 13.9. The predicted octanol–water partition coefficient (Wildman–Crippen LogP) is 2.72. The Morgan fingerprint density at radius 2 is 1.89 bits per heavy atom. The largest absolute Gasteiger partial charge is 0.389 e. The maximum atomic E-state index is 12.4. The van der Waals surface area contributed by atoms with E-state index in [9.17, 15) is 9.90 Å². The lowest BCUT2D eigenvalue weighted by molar-refractivity contribution is -0.138. The van der Waals surface area contributed by atoms with Crippen molar-refractivity contribution in [2.24, 2.45) is 5.92 Å². The number of nitrogens with zero attached hydrogens (tertiary/aromatic N) is 1. The molecule has 18 heavy (non-hydrogen) atoms. The standard InChI is InChI=1S/C15H27NO2/c1-12-6-5-7-13(2)16(11-12)14(17)10-15(18)8-3-4-9-15/h12-13,18H,3-11H2,1-2H3. The van der Waals surface area contributed by atoms with Gasteiger partial charge in [-0.2, -0.15) is 0 Å². The molecular weight excluding hydrogens is 226 g/mol. The third kappa shape index (κ3) is 3.25. The van der Waals surface area contributed by atoms with E-state index in [1.165, 1.54) is 12.8 Å². The lowest BCUT2D eigenvalue weighted by Gasteiger charge is -2.32. The average molecular weight is 253 g/mol. The maximum absolute atomic E-state index is 12.4. The van der Waals surface area contributed by atoms with Crippen LogP contribution in [0.3, 0.4) is 0 Å². The van der Waals surface area contributed by atoms with Gasteiger partial charge in [-0.25, -0.2) is 0 Å². The molecule has 0 radical (unpaired) electrons. The summed E-state index contributed by atoms with van der Waals surface area (Å²) in [5, 5.41) is 10.4. The number of hydrogen-bond donors (Lipinski definition) is 1. The summed E-state index contributed by atoms with van der Waals surface area (Å²) in [5.74, 6) is 0.762. The van der Waals surface area contributed by atoms with Gasteiger partial charge in [0.25, 0.3) is 0 Å². The molecule has 1 heterocycles. The highest BCUT2D eigenvalue weighted by molar-refractivity contribution is 5.77. The van der Waals surface area contributed by atoms with Gasteiger partial charge < -0.3 is 10.0 Å². The van der Waals surface area contributed by atoms with Gasteiger partial charge in [-0.1, -0.05) is 26.2 Å². The smallest absolute Gasteiger partial charge is 0.225 e. The summed E-state index contributed by atoms with van der Waals surface area (Å²) in [6.45, 7) is 5.24. The van der Waals surface area contributed by atoms with Crippen molar-refractivity contribution in [2.75, 3.05) is 6.54 Å². The average Bonchev–Trinajstić information content (AvgIpc) is 2.64. The van der Waals surface area contributed by atoms with Crippen LogP contribution in [0.15, 0.2) is 0 Å². The molecule has 0 bridgehead atoms. The van der Waals surface area contributed by atoms with Crippen molar-refractivity contribution >= 4 is 5.91 Å². The molecule has 0 aromatic heterocycles. The Hall–Kier alpha value is -0.570. The number of likely N-dealkylation sites (tertiary alicyclic amines) is 1. The summed E-state index contributed by atoms with van der Waals surface area (Å²) in [4.78, 5) is 14.5. The number of hydrogen-bond acceptors (Lipinski definition) is 2. The fraction of sp³-hybridized carbons (Fsp3) is 0.933. The van der Waals surface area contributed by atoms with E-state index in [0.29, 0.717) is 18.4 Å². The van der Waals surface area contributed by atoms with Crippen LogP contribution in [0.1, 0.15) is 65.2 Å². The topological polar surface area (TPSA) is 40.5 Å². The molecule has 1 aliphatic carbocycles. The molecule has 1 saturated heterocycles. The zero-order valence-electron chi connectivity index (χ0n) is 11.8. The molecule has 1 N–H and O–H groups in total. The van der Waals surface area contributed by atoms with Gasteiger partial charge in [0, 0.05) is 12.6 Å². The third-order valence-electron chi connectivity index (χ3n) is 4.69. The fourth-order valence-corrected chi connectivity index (χ4v) is 3.47. The second kappa shape index (κ2) is 5.60. The highest BCUT2D eigenvalue weighted by Gasteiger charge is 2.36. The minimum absolute atomic E-state index is 0.167. The molecule has 2 rings (SSSR count). The van der Waals surface area contributed by atoms with E-state index in [0.717, 1.165) is 38.6 Å². The van der Waals surface area contributed by atoms with E-state index in [-0.39, 0.29) is 5.91 Å². The van der Waals surface area contributed by atoms with Crippen LogP contribution in [0, 0.1) is 5.92 Å². The summed E-state index contributed by atoms with van der Waals surface area (Å²) in [6.07, 6.45) is 7.62. The molecule has 3 nitrogen and oxygen atoms in total. The molecule has 2 unspecified atom stereocenters. The molecule has 104 valence electrons. The molecule has 2 fully saturated rings. The Kier molecular flexibility index (Phi) is 4.31. The van der Waals surface area contributed by atoms with Gasteiger partial charge in [0.1, 0.15) is 0 Å². The molecule has 3 heteroatoms. The van der Waals surface area contributed by atoms with Crippen molar-refractivity contribution in [3.05, 3.63) is 0 Å². The van der Waals surface area contributed by atoms with Crippen LogP contribution in [0.4, 0.5) is 0 Å². The molecule has 2 aliphatic rings. The second-order valence-electron chi connectivity index (χ2n) is 6.54. The lowest BCUT2D eigenvalue weighted by Crippen LogP contribution is -2.43. The van der Waals surface area contributed by atoms with Crippen LogP contribution in [0.25, 0.3) is 0 Å². The normalized spacial score (nSPS) is 32.3. The quantitative estimate of drug-likeness (QED) is 0.822. The zero-order chi connectivity index (χ0) is 13.2. The van der Waals surface area contributed by atoms with Crippen LogP contribution in [-0.4, -0.2) is 34.1 Å². The predicted molar refractivity (Wildman–Crippen MR) is 72.2 cm³/mol. The number of amides is 1. The zero-order valence-corrected chi connectivity index (χ0v) is 11.8. The van der Waals surface area contributed by atoms with E-state index >= 15 is 0 Å². The number of rotatable bonds is 2. The molecular formula is C15H27NO2. The van der Waals surface area contributed by atoms with Crippen LogP contribution >= 0.6 is 0 Å². The lowest BCUT2D eigenvalue weighted by atomic mass is 9.96. The van der Waals surface area contributed by atoms with E-state index in [4.69, 9.17) is 0 Å². The Morgan fingerprint density at radius 1 is 1.22 bits per heavy atom. The number of aliphatic hydroxyl groups is 1. The van der Waals surface area contributed by atoms with Crippen molar-refractivity contribution in [3.63, 3.8) is 0 Å². The highest BCUT2D eigenvalue weighted by Crippen LogP contribution is 2.33. The Balaban J connectivity index is 1.97. The summed E-state index contributed by atoms with van der Waals surface area (Å²) >= 11 is 0. The van der Waals surface area contributed by atoms with Gasteiger partial charge in [-0.15, -0.1) is 0 Å². The molecule has 2 atom stereocenters. The van der Waals surface area contributed by atoms with Crippen molar-refractivity contribution in [1.29, 1.82) is 0 Å². The van der Waals surface area contributed by atoms with Crippen LogP contribution in [-0.2, 0) is 4.79 Å². The minimum Gasteiger partial charge on any atom is -0.389 e. The van der Waals surface area contributed by atoms with E-state index < -0.39 is 5.60 Å². The van der Waals surface area contributed by atoms with Gasteiger partial charge in [-0.3, -0.25) is 4.79 Å². The van der Waals surface area contributed by atoms with E-state index in [1.54, 1.807) is 0 Å². The summed E-state index contributed by atoms with van der Waals surface area (Å²) in [5.41, 5.74) is -0.702. The Labute approximate surface area is 111 Å². The van der Waals surface area contributed by atoms with Crippen LogP contribution in [0.2, 0.25) is 0 Å². The number of carbonyl (C=O) groups is 1. The summed E-state index contributed by atoms with van der Waals surface area (Å²) in [7, 11) is 0. The summed E-state index contributed by atoms with van der Waals surface area (Å²) in [6, 6.07) is 0.340. The van der Waals surface area contributed by atoms with Crippen molar-refractivity contribution < 1.29 is 9.90 Å². The molecule has 1 saturated carbocycles. The summed E-state index contributed by atoms with van der Waals surface area (Å²) < 4.78 is 0. The van der Waals surface area contributed by atoms with Gasteiger partial charge in [-0.05, 0) is 38.5 Å². The minimum atomic E-state index is -0.702. The first-order valence-electron chi connectivity index (χ1n) is 7.52. The maximum Gasteiger partial charge on any atom is 0.225 e. The Morgan fingerprint density at radius 3 is 2.56 bits per heavy atom. The monoisotopic (exact) mass is 253 g/mol. The Bertz CT molecular complexity index is 297. The second-order valence-corrected chi connectivity index (χ2v) is 6.54. The van der Waals surface area contributed by atoms with Crippen LogP contribution in [0.5, 0.6) is 0 Å². The molecule has 0 aromatic rings. The van der Waals surface area contributed by atoms with Gasteiger partial charge >= 0.3 is 0 Å². The van der Waals surface area contributed by atoms with Crippen molar-refractivity contribution in [3.8, 4) is 0 Å².